The molecular formula is C19H34O4. The highest BCUT2D eigenvalue weighted by Gasteiger charge is 2.32. The summed E-state index contributed by atoms with van der Waals surface area (Å²) in [5.74, 6) is 0.00146. The summed E-state index contributed by atoms with van der Waals surface area (Å²) in [7, 11) is 0. The summed E-state index contributed by atoms with van der Waals surface area (Å²) < 4.78 is 0. The lowest BCUT2D eigenvalue weighted by atomic mass is 9.88. The first kappa shape index (κ1) is 20.2. The summed E-state index contributed by atoms with van der Waals surface area (Å²) in [6.45, 7) is 2.07. The molecule has 1 aliphatic rings. The van der Waals surface area contributed by atoms with Crippen LogP contribution in [0.5, 0.6) is 0 Å². The van der Waals surface area contributed by atoms with Crippen LogP contribution in [-0.4, -0.2) is 33.5 Å². The first-order valence-electron chi connectivity index (χ1n) is 9.30. The number of aliphatic carboxylic acids is 1. The van der Waals surface area contributed by atoms with Gasteiger partial charge < -0.3 is 15.3 Å². The van der Waals surface area contributed by atoms with Gasteiger partial charge in [0.15, 0.2) is 0 Å². The van der Waals surface area contributed by atoms with E-state index in [1.165, 1.54) is 0 Å². The van der Waals surface area contributed by atoms with Crippen LogP contribution in [0.2, 0.25) is 0 Å². The minimum absolute atomic E-state index is 0.208. The summed E-state index contributed by atoms with van der Waals surface area (Å²) in [4.78, 5) is 10.4. The zero-order chi connectivity index (χ0) is 17.1. The molecule has 3 N–H and O–H groups in total. The van der Waals surface area contributed by atoms with Crippen molar-refractivity contribution in [3.05, 3.63) is 12.2 Å². The maximum Gasteiger partial charge on any atom is 0.303 e. The van der Waals surface area contributed by atoms with E-state index < -0.39 is 5.97 Å². The molecule has 0 amide bonds. The largest absolute Gasteiger partial charge is 0.481 e. The standard InChI is InChI=1S/C19H34O4/c1-2-8-16(20)13-11-15-12-14-18(21)17(15)9-6-4-3-5-7-10-19(22)23/h11,13,15-18,20-21H,2-10,12,14H2,1H3,(H,22,23)/b13-11+. The molecule has 0 aliphatic heterocycles. The van der Waals surface area contributed by atoms with Crippen molar-refractivity contribution in [1.29, 1.82) is 0 Å². The molecule has 4 unspecified atom stereocenters. The lowest BCUT2D eigenvalue weighted by molar-refractivity contribution is -0.137. The van der Waals surface area contributed by atoms with Gasteiger partial charge in [-0.25, -0.2) is 0 Å². The van der Waals surface area contributed by atoms with Crippen LogP contribution >= 0.6 is 0 Å². The number of unbranched alkanes of at least 4 members (excludes halogenated alkanes) is 4. The monoisotopic (exact) mass is 326 g/mol. The topological polar surface area (TPSA) is 77.8 Å². The van der Waals surface area contributed by atoms with Crippen molar-refractivity contribution < 1.29 is 20.1 Å². The lowest BCUT2D eigenvalue weighted by Crippen LogP contribution is -2.18. The number of hydrogen-bond donors (Lipinski definition) is 3. The van der Waals surface area contributed by atoms with Gasteiger partial charge in [-0.05, 0) is 43.9 Å². The average Bonchev–Trinajstić information content (AvgIpc) is 2.85. The molecular weight excluding hydrogens is 292 g/mol. The fourth-order valence-electron chi connectivity index (χ4n) is 3.57. The van der Waals surface area contributed by atoms with E-state index in [0.717, 1.165) is 64.2 Å². The fourth-order valence-corrected chi connectivity index (χ4v) is 3.57. The molecule has 4 nitrogen and oxygen atoms in total. The van der Waals surface area contributed by atoms with Crippen LogP contribution < -0.4 is 0 Å². The van der Waals surface area contributed by atoms with Crippen LogP contribution in [0.1, 0.15) is 77.6 Å². The van der Waals surface area contributed by atoms with Gasteiger partial charge in [0.25, 0.3) is 0 Å². The summed E-state index contributed by atoms with van der Waals surface area (Å²) in [6, 6.07) is 0. The van der Waals surface area contributed by atoms with Gasteiger partial charge in [-0.1, -0.05) is 51.2 Å². The van der Waals surface area contributed by atoms with Gasteiger partial charge in [-0.2, -0.15) is 0 Å². The number of hydrogen-bond acceptors (Lipinski definition) is 3. The minimum Gasteiger partial charge on any atom is -0.481 e. The Morgan fingerprint density at radius 2 is 1.87 bits per heavy atom. The molecule has 1 aliphatic carbocycles. The molecule has 0 heterocycles. The van der Waals surface area contributed by atoms with Gasteiger partial charge in [0.1, 0.15) is 0 Å². The first-order chi connectivity index (χ1) is 11.0. The Bertz CT molecular complexity index is 353. The zero-order valence-corrected chi connectivity index (χ0v) is 14.5. The molecule has 0 aromatic heterocycles. The Morgan fingerprint density at radius 1 is 1.17 bits per heavy atom. The molecule has 0 radical (unpaired) electrons. The molecule has 1 saturated carbocycles. The number of carboxylic acids is 1. The van der Waals surface area contributed by atoms with E-state index in [1.807, 2.05) is 6.08 Å². The third-order valence-electron chi connectivity index (χ3n) is 4.93. The van der Waals surface area contributed by atoms with Crippen LogP contribution in [0, 0.1) is 11.8 Å². The summed E-state index contributed by atoms with van der Waals surface area (Å²) in [6.07, 6.45) is 13.4. The summed E-state index contributed by atoms with van der Waals surface area (Å²) >= 11 is 0. The molecule has 1 rings (SSSR count). The molecule has 4 heteroatoms. The molecule has 4 atom stereocenters. The maximum absolute atomic E-state index is 10.4. The predicted octanol–water partition coefficient (Wildman–Crippen LogP) is 3.91. The number of aliphatic hydroxyl groups is 2. The number of carboxylic acid groups (broad SMARTS) is 1. The van der Waals surface area contributed by atoms with Crippen molar-refractivity contribution in [2.75, 3.05) is 0 Å². The predicted molar refractivity (Wildman–Crippen MR) is 92.2 cm³/mol. The second-order valence-corrected chi connectivity index (χ2v) is 6.91. The molecule has 134 valence electrons. The molecule has 0 saturated heterocycles. The van der Waals surface area contributed by atoms with E-state index in [-0.39, 0.29) is 18.6 Å². The lowest BCUT2D eigenvalue weighted by Gasteiger charge is -2.20. The Labute approximate surface area is 140 Å². The highest BCUT2D eigenvalue weighted by Crippen LogP contribution is 2.36. The van der Waals surface area contributed by atoms with Crippen LogP contribution in [0.25, 0.3) is 0 Å². The van der Waals surface area contributed by atoms with Crippen molar-refractivity contribution in [3.8, 4) is 0 Å². The van der Waals surface area contributed by atoms with E-state index in [2.05, 4.69) is 13.0 Å². The molecule has 1 fully saturated rings. The molecule has 0 aromatic rings. The van der Waals surface area contributed by atoms with Gasteiger partial charge in [0.2, 0.25) is 0 Å². The van der Waals surface area contributed by atoms with E-state index in [9.17, 15) is 15.0 Å². The number of carbonyl (C=O) groups is 1. The number of allylic oxidation sites excluding steroid dienone is 1. The van der Waals surface area contributed by atoms with Gasteiger partial charge in [0, 0.05) is 6.42 Å². The zero-order valence-electron chi connectivity index (χ0n) is 14.5. The average molecular weight is 326 g/mol. The summed E-state index contributed by atoms with van der Waals surface area (Å²) in [5, 5.41) is 28.6. The quantitative estimate of drug-likeness (QED) is 0.375. The number of aliphatic hydroxyl groups excluding tert-OH is 2. The normalized spacial score (nSPS) is 26.0. The third kappa shape index (κ3) is 8.52. The van der Waals surface area contributed by atoms with Crippen molar-refractivity contribution >= 4 is 5.97 Å². The van der Waals surface area contributed by atoms with Gasteiger partial charge in [0.05, 0.1) is 12.2 Å². The molecule has 23 heavy (non-hydrogen) atoms. The van der Waals surface area contributed by atoms with E-state index in [1.54, 1.807) is 0 Å². The Morgan fingerprint density at radius 3 is 2.57 bits per heavy atom. The Kier molecular flexibility index (Phi) is 10.2. The van der Waals surface area contributed by atoms with Crippen LogP contribution in [0.4, 0.5) is 0 Å². The van der Waals surface area contributed by atoms with Crippen molar-refractivity contribution in [1.82, 2.24) is 0 Å². The third-order valence-corrected chi connectivity index (χ3v) is 4.93. The SMILES string of the molecule is CCCC(O)/C=C/C1CCC(O)C1CCCCCCCC(=O)O. The molecule has 0 bridgehead atoms. The van der Waals surface area contributed by atoms with Crippen LogP contribution in [0.15, 0.2) is 12.2 Å². The second kappa shape index (κ2) is 11.6. The summed E-state index contributed by atoms with van der Waals surface area (Å²) in [5.41, 5.74) is 0. The molecule has 0 aromatic carbocycles. The Balaban J connectivity index is 2.23. The maximum atomic E-state index is 10.4. The smallest absolute Gasteiger partial charge is 0.303 e. The van der Waals surface area contributed by atoms with Crippen LogP contribution in [-0.2, 0) is 4.79 Å². The van der Waals surface area contributed by atoms with E-state index in [4.69, 9.17) is 5.11 Å². The van der Waals surface area contributed by atoms with Crippen molar-refractivity contribution in [2.24, 2.45) is 11.8 Å². The molecule has 0 spiro atoms. The number of rotatable bonds is 12. The van der Waals surface area contributed by atoms with Gasteiger partial charge >= 0.3 is 5.97 Å². The van der Waals surface area contributed by atoms with Crippen LogP contribution in [0.3, 0.4) is 0 Å². The van der Waals surface area contributed by atoms with Crippen molar-refractivity contribution in [3.63, 3.8) is 0 Å². The van der Waals surface area contributed by atoms with Crippen molar-refractivity contribution in [2.45, 2.75) is 89.8 Å². The fraction of sp³-hybridized carbons (Fsp3) is 0.842. The van der Waals surface area contributed by atoms with E-state index >= 15 is 0 Å². The minimum atomic E-state index is -0.709. The second-order valence-electron chi connectivity index (χ2n) is 6.91. The first-order valence-corrected chi connectivity index (χ1v) is 9.30. The Hall–Kier alpha value is -0.870. The highest BCUT2D eigenvalue weighted by molar-refractivity contribution is 5.66. The van der Waals surface area contributed by atoms with Gasteiger partial charge in [-0.15, -0.1) is 0 Å². The van der Waals surface area contributed by atoms with E-state index in [0.29, 0.717) is 11.8 Å². The van der Waals surface area contributed by atoms with Gasteiger partial charge in [-0.3, -0.25) is 4.79 Å². The highest BCUT2D eigenvalue weighted by atomic mass is 16.4.